The zero-order chi connectivity index (χ0) is 10.1. The Hall–Kier alpha value is -1.72. The van der Waals surface area contributed by atoms with E-state index in [-0.39, 0.29) is 0 Å². The maximum atomic E-state index is 13.1. The summed E-state index contributed by atoms with van der Waals surface area (Å²) in [5, 5.41) is 0. The molecule has 0 saturated carbocycles. The van der Waals surface area contributed by atoms with Crippen molar-refractivity contribution in [3.8, 4) is 5.75 Å². The smallest absolute Gasteiger partial charge is 0.387 e. The van der Waals surface area contributed by atoms with Gasteiger partial charge >= 0.3 is 6.61 Å². The quantitative estimate of drug-likeness (QED) is 0.811. The highest BCUT2D eigenvalue weighted by Gasteiger charge is 2.11. The van der Waals surface area contributed by atoms with E-state index in [9.17, 15) is 13.2 Å². The van der Waals surface area contributed by atoms with Crippen LogP contribution in [0.15, 0.2) is 18.5 Å². The summed E-state index contributed by atoms with van der Waals surface area (Å²) in [6, 6.07) is 2.17. The molecule has 0 amide bonds. The number of nitrogens with zero attached hydrogens (tertiary/aromatic N) is 1. The van der Waals surface area contributed by atoms with E-state index in [1.807, 2.05) is 0 Å². The van der Waals surface area contributed by atoms with Crippen molar-refractivity contribution in [2.24, 2.45) is 0 Å². The molecule has 6 heteroatoms. The lowest BCUT2D eigenvalue weighted by Crippen LogP contribution is -2.03. The number of nitrogens with one attached hydrogen (secondary N) is 1. The SMILES string of the molecule is Fc1cc2[nH]cnc2cc1OC(F)F. The summed E-state index contributed by atoms with van der Waals surface area (Å²) in [6.07, 6.45) is 1.34. The van der Waals surface area contributed by atoms with Gasteiger partial charge in [0.05, 0.1) is 17.4 Å². The molecule has 0 aliphatic carbocycles. The van der Waals surface area contributed by atoms with Crippen LogP contribution in [-0.2, 0) is 0 Å². The Bertz CT molecular complexity index is 455. The maximum absolute atomic E-state index is 13.1. The molecular formula is C8H5F3N2O. The van der Waals surface area contributed by atoms with Crippen molar-refractivity contribution in [3.05, 3.63) is 24.3 Å². The van der Waals surface area contributed by atoms with Crippen molar-refractivity contribution in [1.29, 1.82) is 0 Å². The van der Waals surface area contributed by atoms with Crippen molar-refractivity contribution in [2.75, 3.05) is 0 Å². The fourth-order valence-corrected chi connectivity index (χ4v) is 1.12. The molecule has 74 valence electrons. The Morgan fingerprint density at radius 1 is 1.36 bits per heavy atom. The number of hydrogen-bond acceptors (Lipinski definition) is 2. The molecule has 0 unspecified atom stereocenters. The normalized spacial score (nSPS) is 11.1. The van der Waals surface area contributed by atoms with Crippen LogP contribution in [0.25, 0.3) is 11.0 Å². The molecule has 0 spiro atoms. The molecule has 1 aromatic heterocycles. The summed E-state index contributed by atoms with van der Waals surface area (Å²) in [5.74, 6) is -1.35. The second-order valence-electron chi connectivity index (χ2n) is 2.58. The number of rotatable bonds is 2. The highest BCUT2D eigenvalue weighted by atomic mass is 19.3. The van der Waals surface area contributed by atoms with Crippen molar-refractivity contribution >= 4 is 11.0 Å². The molecular weight excluding hydrogens is 197 g/mol. The van der Waals surface area contributed by atoms with Gasteiger partial charge in [-0.1, -0.05) is 0 Å². The van der Waals surface area contributed by atoms with Gasteiger partial charge in [0.1, 0.15) is 0 Å². The molecule has 0 fully saturated rings. The van der Waals surface area contributed by atoms with Gasteiger partial charge in [-0.2, -0.15) is 8.78 Å². The molecule has 14 heavy (non-hydrogen) atoms. The van der Waals surface area contributed by atoms with Crippen molar-refractivity contribution in [1.82, 2.24) is 9.97 Å². The Labute approximate surface area is 76.5 Å². The van der Waals surface area contributed by atoms with E-state index in [1.165, 1.54) is 6.33 Å². The molecule has 0 aliphatic rings. The number of hydrogen-bond donors (Lipinski definition) is 1. The number of ether oxygens (including phenoxy) is 1. The van der Waals surface area contributed by atoms with Gasteiger partial charge < -0.3 is 9.72 Å². The number of aromatic amines is 1. The first-order valence-corrected chi connectivity index (χ1v) is 3.74. The summed E-state index contributed by atoms with van der Waals surface area (Å²) < 4.78 is 40.6. The molecule has 1 N–H and O–H groups in total. The van der Waals surface area contributed by atoms with Crippen molar-refractivity contribution < 1.29 is 17.9 Å². The summed E-state index contributed by atoms with van der Waals surface area (Å²) >= 11 is 0. The van der Waals surface area contributed by atoms with E-state index in [1.54, 1.807) is 0 Å². The molecule has 2 rings (SSSR count). The second kappa shape index (κ2) is 3.21. The number of halogens is 3. The Morgan fingerprint density at radius 2 is 2.14 bits per heavy atom. The van der Waals surface area contributed by atoms with Gasteiger partial charge in [0, 0.05) is 12.1 Å². The number of H-pyrrole nitrogens is 1. The van der Waals surface area contributed by atoms with Gasteiger partial charge in [-0.05, 0) is 0 Å². The minimum absolute atomic E-state index is 0.377. The zero-order valence-electron chi connectivity index (χ0n) is 6.80. The monoisotopic (exact) mass is 202 g/mol. The first-order chi connectivity index (χ1) is 6.66. The molecule has 1 heterocycles. The van der Waals surface area contributed by atoms with Crippen LogP contribution in [0.5, 0.6) is 5.75 Å². The summed E-state index contributed by atoms with van der Waals surface area (Å²) in [7, 11) is 0. The molecule has 1 aromatic carbocycles. The fourth-order valence-electron chi connectivity index (χ4n) is 1.12. The van der Waals surface area contributed by atoms with Gasteiger partial charge in [0.25, 0.3) is 0 Å². The van der Waals surface area contributed by atoms with Gasteiger partial charge in [0.2, 0.25) is 0 Å². The Kier molecular flexibility index (Phi) is 2.03. The number of aromatic nitrogens is 2. The van der Waals surface area contributed by atoms with Crippen LogP contribution in [0.1, 0.15) is 0 Å². The maximum Gasteiger partial charge on any atom is 0.387 e. The third-order valence-corrected chi connectivity index (χ3v) is 1.69. The molecule has 0 saturated heterocycles. The first-order valence-electron chi connectivity index (χ1n) is 3.74. The molecule has 0 aliphatic heterocycles. The number of imidazole rings is 1. The average Bonchev–Trinajstić information content (AvgIpc) is 2.51. The van der Waals surface area contributed by atoms with Crippen LogP contribution < -0.4 is 4.74 Å². The number of benzene rings is 1. The van der Waals surface area contributed by atoms with E-state index in [0.717, 1.165) is 12.1 Å². The Balaban J connectivity index is 2.48. The third kappa shape index (κ3) is 1.50. The first kappa shape index (κ1) is 8.86. The molecule has 0 radical (unpaired) electrons. The van der Waals surface area contributed by atoms with Crippen LogP contribution >= 0.6 is 0 Å². The predicted octanol–water partition coefficient (Wildman–Crippen LogP) is 2.30. The average molecular weight is 202 g/mol. The largest absolute Gasteiger partial charge is 0.432 e. The van der Waals surface area contributed by atoms with E-state index in [0.29, 0.717) is 11.0 Å². The lowest BCUT2D eigenvalue weighted by Gasteiger charge is -2.04. The number of fused-ring (bicyclic) bond motifs is 1. The highest BCUT2D eigenvalue weighted by Crippen LogP contribution is 2.23. The minimum atomic E-state index is -3.04. The molecule has 0 atom stereocenters. The minimum Gasteiger partial charge on any atom is -0.432 e. The van der Waals surface area contributed by atoms with Crippen molar-refractivity contribution in [2.45, 2.75) is 6.61 Å². The molecule has 3 nitrogen and oxygen atoms in total. The number of alkyl halides is 2. The highest BCUT2D eigenvalue weighted by molar-refractivity contribution is 5.76. The summed E-state index contributed by atoms with van der Waals surface area (Å²) in [4.78, 5) is 6.43. The molecule has 2 aromatic rings. The van der Waals surface area contributed by atoms with Crippen LogP contribution in [-0.4, -0.2) is 16.6 Å². The van der Waals surface area contributed by atoms with Gasteiger partial charge in [0.15, 0.2) is 11.6 Å². The van der Waals surface area contributed by atoms with Gasteiger partial charge in [-0.15, -0.1) is 0 Å². The topological polar surface area (TPSA) is 37.9 Å². The van der Waals surface area contributed by atoms with Crippen LogP contribution in [0.3, 0.4) is 0 Å². The second-order valence-corrected chi connectivity index (χ2v) is 2.58. The predicted molar refractivity (Wildman–Crippen MR) is 42.7 cm³/mol. The Morgan fingerprint density at radius 3 is 2.86 bits per heavy atom. The van der Waals surface area contributed by atoms with Crippen LogP contribution in [0.4, 0.5) is 13.2 Å². The summed E-state index contributed by atoms with van der Waals surface area (Å²) in [6.45, 7) is -3.04. The third-order valence-electron chi connectivity index (χ3n) is 1.69. The lowest BCUT2D eigenvalue weighted by molar-refractivity contribution is -0.0520. The zero-order valence-corrected chi connectivity index (χ0v) is 6.80. The summed E-state index contributed by atoms with van der Waals surface area (Å²) in [5.41, 5.74) is 0.811. The van der Waals surface area contributed by atoms with E-state index in [4.69, 9.17) is 0 Å². The lowest BCUT2D eigenvalue weighted by atomic mass is 10.3. The van der Waals surface area contributed by atoms with Crippen LogP contribution in [0.2, 0.25) is 0 Å². The van der Waals surface area contributed by atoms with Crippen molar-refractivity contribution in [3.63, 3.8) is 0 Å². The molecule has 0 bridgehead atoms. The van der Waals surface area contributed by atoms with Gasteiger partial charge in [-0.3, -0.25) is 0 Å². The van der Waals surface area contributed by atoms with E-state index in [2.05, 4.69) is 14.7 Å². The van der Waals surface area contributed by atoms with Crippen LogP contribution in [0, 0.1) is 5.82 Å². The van der Waals surface area contributed by atoms with E-state index < -0.39 is 18.2 Å². The standard InChI is InChI=1S/C8H5F3N2O/c9-4-1-5-6(13-3-12-5)2-7(4)14-8(10)11/h1-3,8H,(H,12,13). The fraction of sp³-hybridized carbons (Fsp3) is 0.125. The van der Waals surface area contributed by atoms with E-state index >= 15 is 0 Å². The van der Waals surface area contributed by atoms with Gasteiger partial charge in [-0.25, -0.2) is 9.37 Å².